The van der Waals surface area contributed by atoms with Crippen LogP contribution >= 0.6 is 0 Å². The van der Waals surface area contributed by atoms with Crippen molar-refractivity contribution in [2.45, 2.75) is 6.92 Å². The zero-order valence-corrected chi connectivity index (χ0v) is 11.5. The lowest BCUT2D eigenvalue weighted by molar-refractivity contribution is 0.835. The van der Waals surface area contributed by atoms with Crippen molar-refractivity contribution in [1.29, 1.82) is 0 Å². The highest BCUT2D eigenvalue weighted by molar-refractivity contribution is 5.82. The van der Waals surface area contributed by atoms with Gasteiger partial charge in [-0.2, -0.15) is 0 Å². The molecule has 2 aromatic heterocycles. The molecule has 0 fully saturated rings. The van der Waals surface area contributed by atoms with Gasteiger partial charge in [-0.25, -0.2) is 14.7 Å². The van der Waals surface area contributed by atoms with E-state index in [0.717, 1.165) is 11.4 Å². The van der Waals surface area contributed by atoms with Gasteiger partial charge in [0.05, 0.1) is 11.3 Å². The number of para-hydroxylation sites is 1. The Balaban J connectivity index is 2.00. The largest absolute Gasteiger partial charge is 0.295 e. The smallest absolute Gasteiger partial charge is 0.280 e. The first-order valence-corrected chi connectivity index (χ1v) is 6.58. The van der Waals surface area contributed by atoms with E-state index in [1.165, 1.54) is 4.68 Å². The summed E-state index contributed by atoms with van der Waals surface area (Å²) in [6.45, 7) is 1.85. The van der Waals surface area contributed by atoms with Crippen molar-refractivity contribution in [3.8, 4) is 5.69 Å². The maximum absolute atomic E-state index is 12.4. The monoisotopic (exact) mass is 278 g/mol. The predicted molar refractivity (Wildman–Crippen MR) is 82.6 cm³/mol. The number of hydrogen-bond acceptors (Lipinski definition) is 3. The summed E-state index contributed by atoms with van der Waals surface area (Å²) < 4.78 is 1.51. The van der Waals surface area contributed by atoms with Crippen molar-refractivity contribution in [3.05, 3.63) is 76.3 Å². The Labute approximate surface area is 121 Å². The Morgan fingerprint density at radius 3 is 2.62 bits per heavy atom. The highest BCUT2D eigenvalue weighted by atomic mass is 16.1. The number of benzene rings is 1. The number of nitrogens with zero attached hydrogens (tertiary/aromatic N) is 3. The molecule has 21 heavy (non-hydrogen) atoms. The molecule has 0 aliphatic heterocycles. The molecule has 1 aromatic carbocycles. The van der Waals surface area contributed by atoms with Crippen LogP contribution in [0.5, 0.6) is 0 Å². The summed E-state index contributed by atoms with van der Waals surface area (Å²) in [5.41, 5.74) is 1.97. The molecule has 0 spiro atoms. The van der Waals surface area contributed by atoms with Gasteiger partial charge in [0.1, 0.15) is 0 Å². The maximum atomic E-state index is 12.4. The van der Waals surface area contributed by atoms with Crippen LogP contribution in [0.1, 0.15) is 11.3 Å². The van der Waals surface area contributed by atoms with Gasteiger partial charge in [-0.15, -0.1) is 0 Å². The van der Waals surface area contributed by atoms with Gasteiger partial charge in [0.2, 0.25) is 0 Å². The second-order valence-electron chi connectivity index (χ2n) is 4.57. The molecular weight excluding hydrogens is 264 g/mol. The Bertz CT molecular complexity index is 816. The van der Waals surface area contributed by atoms with Gasteiger partial charge >= 0.3 is 0 Å². The molecule has 104 valence electrons. The summed E-state index contributed by atoms with van der Waals surface area (Å²) in [6.07, 6.45) is 3.22. The van der Waals surface area contributed by atoms with Gasteiger partial charge in [0.15, 0.2) is 5.82 Å². The molecule has 0 aliphatic carbocycles. The summed E-state index contributed by atoms with van der Waals surface area (Å²) in [6, 6.07) is 14.9. The number of aromatic nitrogens is 3. The van der Waals surface area contributed by atoms with Gasteiger partial charge < -0.3 is 0 Å². The van der Waals surface area contributed by atoms with E-state index in [1.54, 1.807) is 18.5 Å². The third kappa shape index (κ3) is 2.67. The maximum Gasteiger partial charge on any atom is 0.280 e. The number of pyridine rings is 1. The molecule has 3 aromatic rings. The van der Waals surface area contributed by atoms with Crippen molar-refractivity contribution >= 4 is 12.0 Å². The van der Waals surface area contributed by atoms with E-state index in [0.29, 0.717) is 11.4 Å². The van der Waals surface area contributed by atoms with Crippen LogP contribution < -0.4 is 5.56 Å². The van der Waals surface area contributed by atoms with Crippen molar-refractivity contribution in [3.63, 3.8) is 0 Å². The topological polar surface area (TPSA) is 63.0 Å². The Kier molecular flexibility index (Phi) is 3.47. The van der Waals surface area contributed by atoms with E-state index in [-0.39, 0.29) is 5.56 Å². The van der Waals surface area contributed by atoms with Crippen LogP contribution in [0.3, 0.4) is 0 Å². The van der Waals surface area contributed by atoms with Gasteiger partial charge in [-0.1, -0.05) is 24.3 Å². The first-order chi connectivity index (χ1) is 10.3. The number of aliphatic imine (C=N–C) groups is 1. The highest BCUT2D eigenvalue weighted by Crippen LogP contribution is 2.08. The quantitative estimate of drug-likeness (QED) is 0.748. The van der Waals surface area contributed by atoms with Gasteiger partial charge in [-0.05, 0) is 31.2 Å². The third-order valence-electron chi connectivity index (χ3n) is 3.11. The first kappa shape index (κ1) is 13.1. The predicted octanol–water partition coefficient (Wildman–Crippen LogP) is 2.62. The lowest BCUT2D eigenvalue weighted by Crippen LogP contribution is -2.17. The van der Waals surface area contributed by atoms with Crippen LogP contribution in [-0.4, -0.2) is 21.0 Å². The van der Waals surface area contributed by atoms with Gasteiger partial charge in [-0.3, -0.25) is 9.89 Å². The summed E-state index contributed by atoms with van der Waals surface area (Å²) in [5.74, 6) is 0.573. The average Bonchev–Trinajstić information content (AvgIpc) is 2.82. The second-order valence-corrected chi connectivity index (χ2v) is 4.57. The number of nitrogens with one attached hydrogen (secondary N) is 1. The molecule has 2 heterocycles. The Hall–Kier alpha value is -2.95. The van der Waals surface area contributed by atoms with Crippen molar-refractivity contribution in [2.75, 3.05) is 0 Å². The standard InChI is InChI=1S/C16H14N4O/c1-12-14(11-18-15-9-5-6-10-17-15)16(21)20(19-12)13-7-3-2-4-8-13/h2-11,19H,1H3/b18-11-. The fraction of sp³-hybridized carbons (Fsp3) is 0.0625. The molecule has 0 unspecified atom stereocenters. The molecule has 0 bridgehead atoms. The fourth-order valence-electron chi connectivity index (χ4n) is 2.03. The van der Waals surface area contributed by atoms with E-state index < -0.39 is 0 Å². The van der Waals surface area contributed by atoms with Crippen molar-refractivity contribution in [1.82, 2.24) is 14.8 Å². The lowest BCUT2D eigenvalue weighted by atomic mass is 10.3. The van der Waals surface area contributed by atoms with E-state index in [9.17, 15) is 4.79 Å². The van der Waals surface area contributed by atoms with E-state index in [1.807, 2.05) is 49.4 Å². The zero-order valence-electron chi connectivity index (χ0n) is 11.5. The van der Waals surface area contributed by atoms with Crippen molar-refractivity contribution < 1.29 is 0 Å². The summed E-state index contributed by atoms with van der Waals surface area (Å²) in [7, 11) is 0. The SMILES string of the molecule is Cc1[nH]n(-c2ccccc2)c(=O)c1/C=N\c1ccccn1. The average molecular weight is 278 g/mol. The Morgan fingerprint density at radius 1 is 1.14 bits per heavy atom. The molecule has 1 N–H and O–H groups in total. The summed E-state index contributed by atoms with van der Waals surface area (Å²) >= 11 is 0. The molecule has 0 radical (unpaired) electrons. The summed E-state index contributed by atoms with van der Waals surface area (Å²) in [4.78, 5) is 20.8. The number of aryl methyl sites for hydroxylation is 1. The molecule has 5 nitrogen and oxygen atoms in total. The Morgan fingerprint density at radius 2 is 1.90 bits per heavy atom. The van der Waals surface area contributed by atoms with Crippen LogP contribution in [-0.2, 0) is 0 Å². The molecule has 0 aliphatic rings. The minimum Gasteiger partial charge on any atom is -0.295 e. The number of hydrogen-bond donors (Lipinski definition) is 1. The normalized spacial score (nSPS) is 11.1. The van der Waals surface area contributed by atoms with Crippen LogP contribution in [0.2, 0.25) is 0 Å². The molecule has 5 heteroatoms. The molecule has 0 amide bonds. The lowest BCUT2D eigenvalue weighted by Gasteiger charge is -1.99. The van der Waals surface area contributed by atoms with Crippen LogP contribution in [0.25, 0.3) is 5.69 Å². The fourth-order valence-corrected chi connectivity index (χ4v) is 2.03. The van der Waals surface area contributed by atoms with E-state index in [4.69, 9.17) is 0 Å². The molecule has 0 saturated heterocycles. The third-order valence-corrected chi connectivity index (χ3v) is 3.11. The number of H-pyrrole nitrogens is 1. The molecule has 0 saturated carbocycles. The van der Waals surface area contributed by atoms with Crippen LogP contribution in [0.15, 0.2) is 64.5 Å². The highest BCUT2D eigenvalue weighted by Gasteiger charge is 2.10. The summed E-state index contributed by atoms with van der Waals surface area (Å²) in [5, 5.41) is 3.06. The number of rotatable bonds is 3. The van der Waals surface area contributed by atoms with E-state index >= 15 is 0 Å². The first-order valence-electron chi connectivity index (χ1n) is 6.58. The second kappa shape index (κ2) is 5.58. The van der Waals surface area contributed by atoms with Gasteiger partial charge in [0.25, 0.3) is 5.56 Å². The molecule has 3 rings (SSSR count). The molecular formula is C16H14N4O. The van der Waals surface area contributed by atoms with Crippen LogP contribution in [0.4, 0.5) is 5.82 Å². The van der Waals surface area contributed by atoms with Crippen LogP contribution in [0, 0.1) is 6.92 Å². The minimum absolute atomic E-state index is 0.126. The van der Waals surface area contributed by atoms with E-state index in [2.05, 4.69) is 15.1 Å². The minimum atomic E-state index is -0.126. The zero-order chi connectivity index (χ0) is 14.7. The number of aromatic amines is 1. The van der Waals surface area contributed by atoms with Gasteiger partial charge in [0, 0.05) is 18.1 Å². The molecule has 0 atom stereocenters. The van der Waals surface area contributed by atoms with Crippen molar-refractivity contribution in [2.24, 2.45) is 4.99 Å².